The van der Waals surface area contributed by atoms with Gasteiger partial charge < -0.3 is 9.64 Å². The molecule has 104 valence electrons. The van der Waals surface area contributed by atoms with Crippen molar-refractivity contribution in [1.82, 2.24) is 4.90 Å². The summed E-state index contributed by atoms with van der Waals surface area (Å²) in [5.41, 5.74) is 0.643. The molecule has 19 heavy (non-hydrogen) atoms. The molecule has 1 heterocycles. The SMILES string of the molecule is CN(CC1CCCOC1)C(=O)c1ccc(I)c(Cl)c1. The molecule has 0 aromatic heterocycles. The molecule has 1 aromatic carbocycles. The molecule has 1 aliphatic rings. The lowest BCUT2D eigenvalue weighted by atomic mass is 10.0. The van der Waals surface area contributed by atoms with Gasteiger partial charge in [-0.15, -0.1) is 0 Å². The summed E-state index contributed by atoms with van der Waals surface area (Å²) in [5.74, 6) is 0.464. The van der Waals surface area contributed by atoms with Crippen molar-refractivity contribution in [2.75, 3.05) is 26.8 Å². The number of rotatable bonds is 3. The summed E-state index contributed by atoms with van der Waals surface area (Å²) in [7, 11) is 1.84. The van der Waals surface area contributed by atoms with E-state index in [9.17, 15) is 4.79 Å². The van der Waals surface area contributed by atoms with Crippen LogP contribution in [0.2, 0.25) is 5.02 Å². The summed E-state index contributed by atoms with van der Waals surface area (Å²) in [4.78, 5) is 14.1. The van der Waals surface area contributed by atoms with Gasteiger partial charge in [0.25, 0.3) is 5.91 Å². The maximum absolute atomic E-state index is 12.3. The quantitative estimate of drug-likeness (QED) is 0.736. The number of nitrogens with zero attached hydrogens (tertiary/aromatic N) is 1. The van der Waals surface area contributed by atoms with Gasteiger partial charge in [-0.1, -0.05) is 11.6 Å². The lowest BCUT2D eigenvalue weighted by molar-refractivity contribution is 0.0388. The number of benzene rings is 1. The van der Waals surface area contributed by atoms with Crippen LogP contribution in [0.15, 0.2) is 18.2 Å². The number of carbonyl (C=O) groups is 1. The van der Waals surface area contributed by atoms with E-state index < -0.39 is 0 Å². The molecule has 0 N–H and O–H groups in total. The summed E-state index contributed by atoms with van der Waals surface area (Å²) in [6, 6.07) is 5.43. The van der Waals surface area contributed by atoms with E-state index in [1.165, 1.54) is 0 Å². The van der Waals surface area contributed by atoms with E-state index in [0.29, 0.717) is 16.5 Å². The molecule has 1 aromatic rings. The van der Waals surface area contributed by atoms with Gasteiger partial charge in [-0.25, -0.2) is 0 Å². The summed E-state index contributed by atoms with van der Waals surface area (Å²) in [5, 5.41) is 0.626. The van der Waals surface area contributed by atoms with Gasteiger partial charge in [-0.3, -0.25) is 4.79 Å². The molecule has 1 aliphatic heterocycles. The highest BCUT2D eigenvalue weighted by Gasteiger charge is 2.19. The van der Waals surface area contributed by atoms with Gasteiger partial charge in [0.2, 0.25) is 0 Å². The van der Waals surface area contributed by atoms with Crippen molar-refractivity contribution < 1.29 is 9.53 Å². The highest BCUT2D eigenvalue weighted by molar-refractivity contribution is 14.1. The predicted molar refractivity (Wildman–Crippen MR) is 84.7 cm³/mol. The number of ether oxygens (including phenoxy) is 1. The molecule has 1 amide bonds. The fraction of sp³-hybridized carbons (Fsp3) is 0.500. The lowest BCUT2D eigenvalue weighted by Crippen LogP contribution is -2.35. The second kappa shape index (κ2) is 6.90. The van der Waals surface area contributed by atoms with E-state index in [4.69, 9.17) is 16.3 Å². The van der Waals surface area contributed by atoms with E-state index >= 15 is 0 Å². The highest BCUT2D eigenvalue weighted by atomic mass is 127. The second-order valence-corrected chi connectivity index (χ2v) is 6.47. The number of amides is 1. The van der Waals surface area contributed by atoms with Crippen molar-refractivity contribution in [3.8, 4) is 0 Å². The van der Waals surface area contributed by atoms with Crippen LogP contribution in [0.5, 0.6) is 0 Å². The van der Waals surface area contributed by atoms with Crippen LogP contribution in [-0.4, -0.2) is 37.6 Å². The standard InChI is InChI=1S/C14H17ClINO2/c1-17(8-10-3-2-6-19-9-10)14(18)11-4-5-13(16)12(15)7-11/h4-5,7,10H,2-3,6,8-9H2,1H3. The van der Waals surface area contributed by atoms with Crippen LogP contribution in [0.25, 0.3) is 0 Å². The van der Waals surface area contributed by atoms with Crippen LogP contribution in [-0.2, 0) is 4.74 Å². The van der Waals surface area contributed by atoms with Crippen molar-refractivity contribution in [3.05, 3.63) is 32.4 Å². The molecule has 0 saturated carbocycles. The minimum Gasteiger partial charge on any atom is -0.381 e. The summed E-state index contributed by atoms with van der Waals surface area (Å²) < 4.78 is 6.40. The Balaban J connectivity index is 1.99. The van der Waals surface area contributed by atoms with Crippen molar-refractivity contribution >= 4 is 40.1 Å². The van der Waals surface area contributed by atoms with Crippen LogP contribution in [0, 0.1) is 9.49 Å². The number of hydrogen-bond donors (Lipinski definition) is 0. The van der Waals surface area contributed by atoms with E-state index in [1.807, 2.05) is 19.2 Å². The zero-order valence-electron chi connectivity index (χ0n) is 10.9. The summed E-state index contributed by atoms with van der Waals surface area (Å²) >= 11 is 8.21. The average molecular weight is 394 g/mol. The molecule has 2 rings (SSSR count). The van der Waals surface area contributed by atoms with Crippen molar-refractivity contribution in [2.24, 2.45) is 5.92 Å². The average Bonchev–Trinajstić information content (AvgIpc) is 2.42. The van der Waals surface area contributed by atoms with Gasteiger partial charge in [0.05, 0.1) is 11.6 Å². The van der Waals surface area contributed by atoms with Crippen LogP contribution >= 0.6 is 34.2 Å². The molecule has 0 bridgehead atoms. The normalized spacial score (nSPS) is 19.2. The van der Waals surface area contributed by atoms with Crippen LogP contribution in [0.3, 0.4) is 0 Å². The minimum absolute atomic E-state index is 0.0175. The Hall–Kier alpha value is -0.330. The Kier molecular flexibility index (Phi) is 5.47. The molecule has 3 nitrogen and oxygen atoms in total. The molecule has 1 atom stereocenters. The molecule has 1 fully saturated rings. The van der Waals surface area contributed by atoms with E-state index in [2.05, 4.69) is 22.6 Å². The molecule has 5 heteroatoms. The molecule has 1 unspecified atom stereocenters. The van der Waals surface area contributed by atoms with E-state index in [-0.39, 0.29) is 5.91 Å². The zero-order valence-corrected chi connectivity index (χ0v) is 13.8. The zero-order chi connectivity index (χ0) is 13.8. The van der Waals surface area contributed by atoms with Crippen molar-refractivity contribution in [3.63, 3.8) is 0 Å². The smallest absolute Gasteiger partial charge is 0.253 e. The maximum atomic E-state index is 12.3. The van der Waals surface area contributed by atoms with Gasteiger partial charge in [0, 0.05) is 29.3 Å². The Bertz CT molecular complexity index is 461. The summed E-state index contributed by atoms with van der Waals surface area (Å²) in [6.45, 7) is 2.34. The third-order valence-electron chi connectivity index (χ3n) is 3.30. The van der Waals surface area contributed by atoms with Gasteiger partial charge in [-0.05, 0) is 59.5 Å². The molecule has 0 radical (unpaired) electrons. The first-order chi connectivity index (χ1) is 9.08. The topological polar surface area (TPSA) is 29.5 Å². The van der Waals surface area contributed by atoms with Gasteiger partial charge in [0.15, 0.2) is 0 Å². The number of halogens is 2. The first-order valence-corrected chi connectivity index (χ1v) is 7.82. The number of hydrogen-bond acceptors (Lipinski definition) is 2. The Labute approximate surface area is 132 Å². The third-order valence-corrected chi connectivity index (χ3v) is 4.87. The van der Waals surface area contributed by atoms with Crippen molar-refractivity contribution in [2.45, 2.75) is 12.8 Å². The molecule has 1 saturated heterocycles. The van der Waals surface area contributed by atoms with Crippen LogP contribution in [0.4, 0.5) is 0 Å². The first kappa shape index (κ1) is 15.1. The summed E-state index contributed by atoms with van der Waals surface area (Å²) in [6.07, 6.45) is 2.22. The van der Waals surface area contributed by atoms with Gasteiger partial charge >= 0.3 is 0 Å². The van der Waals surface area contributed by atoms with Gasteiger partial charge in [0.1, 0.15) is 0 Å². The molecule has 0 aliphatic carbocycles. The monoisotopic (exact) mass is 393 g/mol. The fourth-order valence-corrected chi connectivity index (χ4v) is 2.79. The maximum Gasteiger partial charge on any atom is 0.253 e. The van der Waals surface area contributed by atoms with Crippen LogP contribution < -0.4 is 0 Å². The largest absolute Gasteiger partial charge is 0.381 e. The molecular weight excluding hydrogens is 377 g/mol. The minimum atomic E-state index is 0.0175. The van der Waals surface area contributed by atoms with Crippen molar-refractivity contribution in [1.29, 1.82) is 0 Å². The first-order valence-electron chi connectivity index (χ1n) is 6.36. The highest BCUT2D eigenvalue weighted by Crippen LogP contribution is 2.21. The van der Waals surface area contributed by atoms with Gasteiger partial charge in [-0.2, -0.15) is 0 Å². The van der Waals surface area contributed by atoms with E-state index in [0.717, 1.165) is 36.2 Å². The molecule has 0 spiro atoms. The van der Waals surface area contributed by atoms with Crippen LogP contribution in [0.1, 0.15) is 23.2 Å². The number of carbonyl (C=O) groups excluding carboxylic acids is 1. The third kappa shape index (κ3) is 4.07. The lowest BCUT2D eigenvalue weighted by Gasteiger charge is -2.27. The Morgan fingerprint density at radius 1 is 1.58 bits per heavy atom. The Morgan fingerprint density at radius 3 is 3.00 bits per heavy atom. The Morgan fingerprint density at radius 2 is 2.37 bits per heavy atom. The molecular formula is C14H17ClINO2. The van der Waals surface area contributed by atoms with E-state index in [1.54, 1.807) is 11.0 Å². The second-order valence-electron chi connectivity index (χ2n) is 4.90. The predicted octanol–water partition coefficient (Wildman–Crippen LogP) is 3.44. The fourth-order valence-electron chi connectivity index (χ4n) is 2.27.